The summed E-state index contributed by atoms with van der Waals surface area (Å²) in [4.78, 5) is 10.1. The maximum Gasteiger partial charge on any atom is 0.241 e. The van der Waals surface area contributed by atoms with Crippen molar-refractivity contribution in [3.8, 4) is 0 Å². The standard InChI is InChI=1S/C7H9NO3/c1-7(8(10)11)4-2-6(9)3-5-7/h2-4,9H,5H2,1H3. The molecule has 60 valence electrons. The van der Waals surface area contributed by atoms with Gasteiger partial charge in [-0.2, -0.15) is 0 Å². The monoisotopic (exact) mass is 155 g/mol. The third-order valence-electron chi connectivity index (χ3n) is 1.75. The Hall–Kier alpha value is -1.32. The van der Waals surface area contributed by atoms with Gasteiger partial charge in [0, 0.05) is 18.3 Å². The van der Waals surface area contributed by atoms with E-state index in [1.165, 1.54) is 25.2 Å². The molecule has 0 spiro atoms. The average molecular weight is 155 g/mol. The zero-order valence-corrected chi connectivity index (χ0v) is 6.15. The Morgan fingerprint density at radius 1 is 1.82 bits per heavy atom. The fraction of sp³-hybridized carbons (Fsp3) is 0.429. The van der Waals surface area contributed by atoms with Crippen LogP contribution < -0.4 is 0 Å². The van der Waals surface area contributed by atoms with E-state index in [9.17, 15) is 10.1 Å². The van der Waals surface area contributed by atoms with E-state index < -0.39 is 5.54 Å². The molecule has 11 heavy (non-hydrogen) atoms. The fourth-order valence-corrected chi connectivity index (χ4v) is 0.848. The van der Waals surface area contributed by atoms with Crippen molar-refractivity contribution in [2.75, 3.05) is 0 Å². The quantitative estimate of drug-likeness (QED) is 0.460. The predicted molar refractivity (Wildman–Crippen MR) is 39.9 cm³/mol. The number of aliphatic hydroxyl groups is 1. The van der Waals surface area contributed by atoms with Crippen LogP contribution in [0.4, 0.5) is 0 Å². The van der Waals surface area contributed by atoms with Crippen LogP contribution in [0.1, 0.15) is 13.3 Å². The van der Waals surface area contributed by atoms with Gasteiger partial charge in [0.1, 0.15) is 5.76 Å². The molecule has 1 unspecified atom stereocenters. The van der Waals surface area contributed by atoms with Crippen molar-refractivity contribution in [1.82, 2.24) is 0 Å². The molecule has 0 saturated carbocycles. The molecule has 1 N–H and O–H groups in total. The van der Waals surface area contributed by atoms with Gasteiger partial charge in [-0.25, -0.2) is 0 Å². The van der Waals surface area contributed by atoms with E-state index in [-0.39, 0.29) is 17.1 Å². The lowest BCUT2D eigenvalue weighted by molar-refractivity contribution is -0.549. The Labute approximate surface area is 64.0 Å². The third kappa shape index (κ3) is 1.39. The summed E-state index contributed by atoms with van der Waals surface area (Å²) in [7, 11) is 0. The molecular formula is C7H9NO3. The molecule has 0 aromatic rings. The van der Waals surface area contributed by atoms with Gasteiger partial charge in [-0.3, -0.25) is 10.1 Å². The highest BCUT2D eigenvalue weighted by atomic mass is 16.6. The van der Waals surface area contributed by atoms with Crippen LogP contribution >= 0.6 is 0 Å². The van der Waals surface area contributed by atoms with Gasteiger partial charge in [0.15, 0.2) is 0 Å². The van der Waals surface area contributed by atoms with Crippen LogP contribution in [0.2, 0.25) is 0 Å². The summed E-state index contributed by atoms with van der Waals surface area (Å²) >= 11 is 0. The van der Waals surface area contributed by atoms with E-state index >= 15 is 0 Å². The Morgan fingerprint density at radius 3 is 2.82 bits per heavy atom. The largest absolute Gasteiger partial charge is 0.508 e. The van der Waals surface area contributed by atoms with Crippen molar-refractivity contribution < 1.29 is 10.0 Å². The minimum absolute atomic E-state index is 0.101. The number of aliphatic hydroxyl groups excluding tert-OH is 1. The maximum absolute atomic E-state index is 10.4. The van der Waals surface area contributed by atoms with Gasteiger partial charge in [0.25, 0.3) is 0 Å². The first-order valence-electron chi connectivity index (χ1n) is 3.27. The second kappa shape index (κ2) is 2.38. The predicted octanol–water partition coefficient (Wildman–Crippen LogP) is 1.42. The first kappa shape index (κ1) is 7.78. The molecule has 1 aliphatic carbocycles. The highest BCUT2D eigenvalue weighted by Crippen LogP contribution is 2.22. The summed E-state index contributed by atoms with van der Waals surface area (Å²) in [6.07, 6.45) is 4.46. The number of hydrogen-bond donors (Lipinski definition) is 1. The second-order valence-corrected chi connectivity index (χ2v) is 2.78. The normalized spacial score (nSPS) is 29.7. The van der Waals surface area contributed by atoms with Gasteiger partial charge < -0.3 is 5.11 Å². The first-order chi connectivity index (χ1) is 5.04. The van der Waals surface area contributed by atoms with Crippen LogP contribution in [0.25, 0.3) is 0 Å². The summed E-state index contributed by atoms with van der Waals surface area (Å²) in [6, 6.07) is 0. The molecule has 4 heteroatoms. The lowest BCUT2D eigenvalue weighted by atomic mass is 9.94. The average Bonchev–Trinajstić information content (AvgIpc) is 1.95. The van der Waals surface area contributed by atoms with Gasteiger partial charge in [0.2, 0.25) is 5.54 Å². The summed E-state index contributed by atoms with van der Waals surface area (Å²) in [5, 5.41) is 19.3. The Balaban J connectivity index is 2.82. The fourth-order valence-electron chi connectivity index (χ4n) is 0.848. The van der Waals surface area contributed by atoms with Gasteiger partial charge in [-0.05, 0) is 18.2 Å². The molecule has 0 aromatic heterocycles. The molecule has 0 saturated heterocycles. The van der Waals surface area contributed by atoms with Crippen LogP contribution in [0.3, 0.4) is 0 Å². The van der Waals surface area contributed by atoms with E-state index in [2.05, 4.69) is 0 Å². The van der Waals surface area contributed by atoms with Crippen LogP contribution in [-0.2, 0) is 0 Å². The summed E-state index contributed by atoms with van der Waals surface area (Å²) in [5.74, 6) is 0.101. The molecule has 0 radical (unpaired) electrons. The number of nitro groups is 1. The van der Waals surface area contributed by atoms with Crippen molar-refractivity contribution in [1.29, 1.82) is 0 Å². The van der Waals surface area contributed by atoms with Crippen molar-refractivity contribution in [2.45, 2.75) is 18.9 Å². The van der Waals surface area contributed by atoms with E-state index in [1.807, 2.05) is 0 Å². The molecule has 0 aliphatic heterocycles. The van der Waals surface area contributed by atoms with Gasteiger partial charge in [-0.1, -0.05) is 0 Å². The zero-order valence-electron chi connectivity index (χ0n) is 6.15. The number of nitrogens with zero attached hydrogens (tertiary/aromatic N) is 1. The Bertz CT molecular complexity index is 244. The van der Waals surface area contributed by atoms with Gasteiger partial charge >= 0.3 is 0 Å². The van der Waals surface area contributed by atoms with Crippen molar-refractivity contribution in [2.24, 2.45) is 0 Å². The Morgan fingerprint density at radius 2 is 2.45 bits per heavy atom. The van der Waals surface area contributed by atoms with Crippen LogP contribution in [0.15, 0.2) is 24.0 Å². The van der Waals surface area contributed by atoms with Crippen molar-refractivity contribution >= 4 is 0 Å². The topological polar surface area (TPSA) is 63.4 Å². The van der Waals surface area contributed by atoms with Crippen LogP contribution in [0, 0.1) is 10.1 Å². The minimum atomic E-state index is -1.04. The van der Waals surface area contributed by atoms with E-state index in [1.54, 1.807) is 0 Å². The highest BCUT2D eigenvalue weighted by Gasteiger charge is 2.34. The van der Waals surface area contributed by atoms with Crippen molar-refractivity contribution in [3.63, 3.8) is 0 Å². The van der Waals surface area contributed by atoms with Crippen LogP contribution in [0.5, 0.6) is 0 Å². The summed E-state index contributed by atoms with van der Waals surface area (Å²) < 4.78 is 0. The molecule has 1 aliphatic rings. The smallest absolute Gasteiger partial charge is 0.241 e. The summed E-state index contributed by atoms with van der Waals surface area (Å²) in [6.45, 7) is 1.52. The number of rotatable bonds is 1. The molecule has 0 bridgehead atoms. The van der Waals surface area contributed by atoms with Crippen LogP contribution in [-0.4, -0.2) is 15.6 Å². The van der Waals surface area contributed by atoms with Gasteiger partial charge in [-0.15, -0.1) is 0 Å². The molecule has 0 fully saturated rings. The lowest BCUT2D eigenvalue weighted by Gasteiger charge is -2.17. The number of hydrogen-bond acceptors (Lipinski definition) is 3. The molecule has 1 atom stereocenters. The highest BCUT2D eigenvalue weighted by molar-refractivity contribution is 5.21. The minimum Gasteiger partial charge on any atom is -0.508 e. The molecular weight excluding hydrogens is 146 g/mol. The molecule has 4 nitrogen and oxygen atoms in total. The van der Waals surface area contributed by atoms with E-state index in [4.69, 9.17) is 5.11 Å². The zero-order chi connectivity index (χ0) is 8.48. The molecule has 0 amide bonds. The summed E-state index contributed by atoms with van der Waals surface area (Å²) in [5.41, 5.74) is -1.04. The first-order valence-corrected chi connectivity index (χ1v) is 3.27. The molecule has 0 heterocycles. The number of allylic oxidation sites excluding steroid dienone is 1. The second-order valence-electron chi connectivity index (χ2n) is 2.78. The lowest BCUT2D eigenvalue weighted by Crippen LogP contribution is -2.32. The van der Waals surface area contributed by atoms with Crippen molar-refractivity contribution in [3.05, 3.63) is 34.1 Å². The maximum atomic E-state index is 10.4. The van der Waals surface area contributed by atoms with E-state index in [0.29, 0.717) is 0 Å². The Kier molecular flexibility index (Phi) is 1.68. The molecule has 1 rings (SSSR count). The molecule has 0 aromatic carbocycles. The van der Waals surface area contributed by atoms with Gasteiger partial charge in [0.05, 0.1) is 0 Å². The SMILES string of the molecule is CC1([N+](=O)[O-])C=CC(O)=CC1. The third-order valence-corrected chi connectivity index (χ3v) is 1.75. The van der Waals surface area contributed by atoms with E-state index in [0.717, 1.165) is 0 Å².